The summed E-state index contributed by atoms with van der Waals surface area (Å²) in [6, 6.07) is 9.12. The summed E-state index contributed by atoms with van der Waals surface area (Å²) < 4.78 is 25.5. The van der Waals surface area contributed by atoms with Crippen molar-refractivity contribution < 1.29 is 18.7 Å². The van der Waals surface area contributed by atoms with Gasteiger partial charge < -0.3 is 15.2 Å². The number of urea groups is 1. The largest absolute Gasteiger partial charge is 0.493 e. The van der Waals surface area contributed by atoms with Crippen molar-refractivity contribution in [2.24, 2.45) is 10.8 Å². The lowest BCUT2D eigenvalue weighted by Gasteiger charge is -2.14. The molecule has 6 nitrogen and oxygen atoms in total. The first-order valence-electron chi connectivity index (χ1n) is 6.83. The van der Waals surface area contributed by atoms with Crippen molar-refractivity contribution in [2.75, 3.05) is 7.11 Å². The maximum atomic E-state index is 13.7. The highest BCUT2D eigenvalue weighted by atomic mass is 127. The van der Waals surface area contributed by atoms with Gasteiger partial charge in [-0.15, -0.1) is 0 Å². The van der Waals surface area contributed by atoms with Crippen LogP contribution in [0.5, 0.6) is 11.5 Å². The van der Waals surface area contributed by atoms with Gasteiger partial charge in [0.15, 0.2) is 11.5 Å². The van der Waals surface area contributed by atoms with Gasteiger partial charge >= 0.3 is 6.03 Å². The second-order valence-corrected chi connectivity index (χ2v) is 5.81. The van der Waals surface area contributed by atoms with E-state index in [0.717, 1.165) is 3.57 Å². The Morgan fingerprint density at radius 3 is 2.83 bits per heavy atom. The van der Waals surface area contributed by atoms with Gasteiger partial charge in [-0.05, 0) is 46.4 Å². The van der Waals surface area contributed by atoms with E-state index in [-0.39, 0.29) is 12.4 Å². The van der Waals surface area contributed by atoms with E-state index >= 15 is 0 Å². The summed E-state index contributed by atoms with van der Waals surface area (Å²) in [6.07, 6.45) is 1.43. The smallest absolute Gasteiger partial charge is 0.332 e. The highest BCUT2D eigenvalue weighted by Crippen LogP contribution is 2.34. The zero-order valence-corrected chi connectivity index (χ0v) is 14.9. The summed E-state index contributed by atoms with van der Waals surface area (Å²) in [5, 5.41) is 3.69. The van der Waals surface area contributed by atoms with Crippen LogP contribution < -0.4 is 20.6 Å². The maximum Gasteiger partial charge on any atom is 0.332 e. The van der Waals surface area contributed by atoms with Crippen LogP contribution in [0.25, 0.3) is 0 Å². The number of halogens is 2. The second-order valence-electron chi connectivity index (χ2n) is 4.65. The second kappa shape index (κ2) is 8.48. The standard InChI is InChI=1S/C16H15FIN3O3/c1-23-14-7-10(8-20-21-16(19)22)6-13(18)15(14)24-9-11-4-2-3-5-12(11)17/h2-8H,9H2,1H3,(H3,19,21,22)/b20-8+. The number of amides is 2. The highest BCUT2D eigenvalue weighted by molar-refractivity contribution is 14.1. The molecule has 2 rings (SSSR count). The summed E-state index contributed by atoms with van der Waals surface area (Å²) >= 11 is 2.08. The molecule has 0 saturated heterocycles. The van der Waals surface area contributed by atoms with Crippen molar-refractivity contribution in [2.45, 2.75) is 6.61 Å². The molecule has 0 unspecified atom stereocenters. The third-order valence-electron chi connectivity index (χ3n) is 2.97. The SMILES string of the molecule is COc1cc(/C=N/NC(N)=O)cc(I)c1OCc1ccccc1F. The summed E-state index contributed by atoms with van der Waals surface area (Å²) in [5.74, 6) is 0.646. The van der Waals surface area contributed by atoms with Gasteiger partial charge in [0.25, 0.3) is 0 Å². The molecule has 8 heteroatoms. The minimum Gasteiger partial charge on any atom is -0.493 e. The lowest BCUT2D eigenvalue weighted by molar-refractivity contribution is 0.249. The van der Waals surface area contributed by atoms with E-state index in [1.54, 1.807) is 30.3 Å². The van der Waals surface area contributed by atoms with Crippen LogP contribution >= 0.6 is 22.6 Å². The minimum absolute atomic E-state index is 0.0791. The molecule has 0 aromatic heterocycles. The third-order valence-corrected chi connectivity index (χ3v) is 3.77. The fourth-order valence-corrected chi connectivity index (χ4v) is 2.67. The molecule has 0 spiro atoms. The molecule has 24 heavy (non-hydrogen) atoms. The Balaban J connectivity index is 2.19. The predicted molar refractivity (Wildman–Crippen MR) is 96.8 cm³/mol. The number of primary amides is 1. The van der Waals surface area contributed by atoms with Gasteiger partial charge in [0, 0.05) is 5.56 Å². The molecule has 0 fully saturated rings. The van der Waals surface area contributed by atoms with Crippen LogP contribution in [0.1, 0.15) is 11.1 Å². The van der Waals surface area contributed by atoms with Crippen LogP contribution in [-0.4, -0.2) is 19.4 Å². The van der Waals surface area contributed by atoms with Gasteiger partial charge in [-0.25, -0.2) is 14.6 Å². The van der Waals surface area contributed by atoms with Gasteiger partial charge in [0.05, 0.1) is 16.9 Å². The first-order valence-corrected chi connectivity index (χ1v) is 7.91. The van der Waals surface area contributed by atoms with Crippen LogP contribution in [0.3, 0.4) is 0 Å². The molecule has 0 aliphatic rings. The van der Waals surface area contributed by atoms with Gasteiger partial charge in [0.1, 0.15) is 12.4 Å². The van der Waals surface area contributed by atoms with Gasteiger partial charge in [-0.2, -0.15) is 5.10 Å². The normalized spacial score (nSPS) is 10.6. The summed E-state index contributed by atoms with van der Waals surface area (Å²) in [7, 11) is 1.50. The van der Waals surface area contributed by atoms with E-state index in [1.807, 2.05) is 0 Å². The molecule has 0 aliphatic carbocycles. The van der Waals surface area contributed by atoms with E-state index < -0.39 is 6.03 Å². The number of hydrazone groups is 1. The summed E-state index contributed by atoms with van der Waals surface area (Å²) in [5.41, 5.74) is 8.18. The van der Waals surface area contributed by atoms with E-state index in [0.29, 0.717) is 22.6 Å². The predicted octanol–water partition coefficient (Wildman–Crippen LogP) is 3.02. The molecule has 0 aliphatic heterocycles. The fourth-order valence-electron chi connectivity index (χ4n) is 1.89. The van der Waals surface area contributed by atoms with E-state index in [2.05, 4.69) is 33.1 Å². The Hall–Kier alpha value is -2.36. The highest BCUT2D eigenvalue weighted by Gasteiger charge is 2.12. The number of rotatable bonds is 6. The molecule has 0 radical (unpaired) electrons. The van der Waals surface area contributed by atoms with Crippen LogP contribution in [0.4, 0.5) is 9.18 Å². The van der Waals surface area contributed by atoms with Gasteiger partial charge in [0.2, 0.25) is 0 Å². The Kier molecular flexibility index (Phi) is 6.36. The number of hydrogen-bond acceptors (Lipinski definition) is 4. The Bertz CT molecular complexity index is 768. The van der Waals surface area contributed by atoms with Crippen LogP contribution in [-0.2, 0) is 6.61 Å². The molecule has 0 heterocycles. The Morgan fingerprint density at radius 1 is 1.42 bits per heavy atom. The number of benzene rings is 2. The van der Waals surface area contributed by atoms with Crippen molar-refractivity contribution in [1.82, 2.24) is 5.43 Å². The first-order chi connectivity index (χ1) is 11.5. The molecule has 2 amide bonds. The lowest BCUT2D eigenvalue weighted by atomic mass is 10.2. The number of hydrogen-bond donors (Lipinski definition) is 2. The van der Waals surface area contributed by atoms with Crippen molar-refractivity contribution in [3.8, 4) is 11.5 Å². The number of carbonyl (C=O) groups excluding carboxylic acids is 1. The maximum absolute atomic E-state index is 13.7. The third kappa shape index (κ3) is 4.82. The molecule has 0 atom stereocenters. The van der Waals surface area contributed by atoms with Crippen molar-refractivity contribution in [1.29, 1.82) is 0 Å². The van der Waals surface area contributed by atoms with E-state index in [9.17, 15) is 9.18 Å². The molecule has 2 aromatic carbocycles. The molecular weight excluding hydrogens is 428 g/mol. The number of nitrogens with one attached hydrogen (secondary N) is 1. The number of ether oxygens (including phenoxy) is 2. The zero-order valence-electron chi connectivity index (χ0n) is 12.8. The molecule has 3 N–H and O–H groups in total. The lowest BCUT2D eigenvalue weighted by Crippen LogP contribution is -2.24. The summed E-state index contributed by atoms with van der Waals surface area (Å²) in [6.45, 7) is 0.0791. The van der Waals surface area contributed by atoms with Crippen molar-refractivity contribution >= 4 is 34.8 Å². The van der Waals surface area contributed by atoms with E-state index in [4.69, 9.17) is 15.2 Å². The first kappa shape index (κ1) is 18.0. The minimum atomic E-state index is -0.752. The number of nitrogens with two attached hydrogens (primary N) is 1. The van der Waals surface area contributed by atoms with Crippen LogP contribution in [0.15, 0.2) is 41.5 Å². The van der Waals surface area contributed by atoms with Gasteiger partial charge in [-0.3, -0.25) is 0 Å². The molecule has 126 valence electrons. The van der Waals surface area contributed by atoms with Crippen LogP contribution in [0, 0.1) is 9.39 Å². The fraction of sp³-hybridized carbons (Fsp3) is 0.125. The van der Waals surface area contributed by atoms with Crippen molar-refractivity contribution in [3.63, 3.8) is 0 Å². The zero-order chi connectivity index (χ0) is 17.5. The van der Waals surface area contributed by atoms with Gasteiger partial charge in [-0.1, -0.05) is 18.2 Å². The average Bonchev–Trinajstić information content (AvgIpc) is 2.54. The van der Waals surface area contributed by atoms with E-state index in [1.165, 1.54) is 19.4 Å². The topological polar surface area (TPSA) is 85.9 Å². The molecule has 0 saturated carbocycles. The molecular formula is C16H15FIN3O3. The number of methoxy groups -OCH3 is 1. The monoisotopic (exact) mass is 443 g/mol. The Labute approximate surface area is 152 Å². The Morgan fingerprint density at radius 2 is 2.17 bits per heavy atom. The quantitative estimate of drug-likeness (QED) is 0.409. The molecule has 0 bridgehead atoms. The van der Waals surface area contributed by atoms with Crippen LogP contribution in [0.2, 0.25) is 0 Å². The molecule has 2 aromatic rings. The van der Waals surface area contributed by atoms with Crippen molar-refractivity contribution in [3.05, 3.63) is 56.9 Å². The number of nitrogens with zero attached hydrogens (tertiary/aromatic N) is 1. The average molecular weight is 443 g/mol. The summed E-state index contributed by atoms with van der Waals surface area (Å²) in [4.78, 5) is 10.6. The number of carbonyl (C=O) groups is 1.